The van der Waals surface area contributed by atoms with Crippen LogP contribution in [0.5, 0.6) is 0 Å². The van der Waals surface area contributed by atoms with Gasteiger partial charge in [-0.05, 0) is 51.0 Å². The van der Waals surface area contributed by atoms with Crippen LogP contribution in [0.15, 0.2) is 24.5 Å². The lowest BCUT2D eigenvalue weighted by molar-refractivity contribution is -0.220. The smallest absolute Gasteiger partial charge is 0.472 e. The summed E-state index contributed by atoms with van der Waals surface area (Å²) in [5.41, 5.74) is 0. The number of carbonyl (C=O) groups is 1. The maximum absolute atomic E-state index is 12.8. The lowest BCUT2D eigenvalue weighted by Gasteiger charge is -2.41. The van der Waals surface area contributed by atoms with Crippen molar-refractivity contribution in [3.8, 4) is 0 Å². The zero-order valence-corrected chi connectivity index (χ0v) is 36.5. The van der Waals surface area contributed by atoms with Crippen LogP contribution in [0.25, 0.3) is 0 Å². The van der Waals surface area contributed by atoms with Crippen LogP contribution in [0.2, 0.25) is 0 Å². The van der Waals surface area contributed by atoms with Gasteiger partial charge in [0, 0.05) is 6.42 Å². The van der Waals surface area contributed by atoms with Crippen molar-refractivity contribution in [2.24, 2.45) is 0 Å². The first-order chi connectivity index (χ1) is 27.5. The molecule has 0 heterocycles. The maximum atomic E-state index is 12.8. The summed E-state index contributed by atoms with van der Waals surface area (Å²) in [6, 6.07) is 0. The molecule has 6 N–H and O–H groups in total. The number of carbonyl (C=O) groups excluding carboxylic acids is 1. The van der Waals surface area contributed by atoms with Crippen LogP contribution in [-0.4, -0.2) is 92.3 Å². The zero-order chi connectivity index (χ0) is 42.0. The van der Waals surface area contributed by atoms with Gasteiger partial charge in [-0.3, -0.25) is 13.8 Å². The molecular weight excluding hydrogens is 751 g/mol. The quantitative estimate of drug-likeness (QED) is 0.0114. The summed E-state index contributed by atoms with van der Waals surface area (Å²) < 4.78 is 33.9. The molecular formula is C44H83O12P. The minimum Gasteiger partial charge on any atom is -0.498 e. The fourth-order valence-electron chi connectivity index (χ4n) is 6.96. The molecule has 6 unspecified atom stereocenters. The second-order valence-corrected chi connectivity index (χ2v) is 17.4. The third kappa shape index (κ3) is 27.9. The highest BCUT2D eigenvalue weighted by Crippen LogP contribution is 2.47. The summed E-state index contributed by atoms with van der Waals surface area (Å²) in [5.74, 6) is -0.508. The van der Waals surface area contributed by atoms with Gasteiger partial charge in [0.05, 0.1) is 12.9 Å². The first-order valence-electron chi connectivity index (χ1n) is 22.7. The van der Waals surface area contributed by atoms with Gasteiger partial charge >= 0.3 is 13.8 Å². The lowest BCUT2D eigenvalue weighted by Crippen LogP contribution is -2.64. The van der Waals surface area contributed by atoms with Crippen molar-refractivity contribution < 1.29 is 58.3 Å². The van der Waals surface area contributed by atoms with Gasteiger partial charge in [-0.2, -0.15) is 0 Å². The van der Waals surface area contributed by atoms with E-state index in [0.29, 0.717) is 6.42 Å². The largest absolute Gasteiger partial charge is 0.498 e. The van der Waals surface area contributed by atoms with Gasteiger partial charge in [0.2, 0.25) is 0 Å². The number of ether oxygens (including phenoxy) is 2. The first kappa shape index (κ1) is 53.7. The van der Waals surface area contributed by atoms with Crippen molar-refractivity contribution in [1.82, 2.24) is 0 Å². The van der Waals surface area contributed by atoms with Crippen molar-refractivity contribution in [3.63, 3.8) is 0 Å². The molecule has 0 aromatic heterocycles. The van der Waals surface area contributed by atoms with E-state index in [-0.39, 0.29) is 13.0 Å². The maximum Gasteiger partial charge on any atom is 0.472 e. The van der Waals surface area contributed by atoms with E-state index < -0.39 is 63.1 Å². The molecule has 1 aliphatic carbocycles. The fourth-order valence-corrected chi connectivity index (χ4v) is 7.94. The molecule has 0 saturated heterocycles. The van der Waals surface area contributed by atoms with Crippen molar-refractivity contribution >= 4 is 13.8 Å². The number of aliphatic hydroxyl groups is 5. The number of hydrogen-bond acceptors (Lipinski definition) is 11. The molecule has 8 atom stereocenters. The van der Waals surface area contributed by atoms with Gasteiger partial charge in [-0.15, -0.1) is 0 Å². The average molecular weight is 835 g/mol. The standard InChI is InChI=1S/C44H83O12P/c1-3-5-7-9-11-13-15-17-18-19-20-21-22-24-26-28-30-32-34-53-35-37(55-38(45)33-31-29-27-25-23-16-14-12-10-8-6-4-2)36-54-57(51,52)56-44-42(49)40(47)39(46)41(48)43(44)50/h12,14,32,34,37,39-44,46-50H,3-11,13,15-31,33,35-36H2,1-2H3,(H,51,52)/b14-12-,34-32-/t37-,39?,40-,41?,42?,43?,44?/m1/s1. The molecule has 0 radical (unpaired) electrons. The van der Waals surface area contributed by atoms with E-state index in [9.17, 15) is 39.8 Å². The van der Waals surface area contributed by atoms with E-state index in [0.717, 1.165) is 57.8 Å². The van der Waals surface area contributed by atoms with E-state index in [1.165, 1.54) is 115 Å². The topological polar surface area (TPSA) is 192 Å². The molecule has 0 aromatic carbocycles. The van der Waals surface area contributed by atoms with Crippen LogP contribution in [0.4, 0.5) is 0 Å². The molecule has 12 nitrogen and oxygen atoms in total. The Morgan fingerprint density at radius 2 is 0.930 bits per heavy atom. The Balaban J connectivity index is 2.41. The number of hydrogen-bond donors (Lipinski definition) is 6. The van der Waals surface area contributed by atoms with Crippen molar-refractivity contribution in [3.05, 3.63) is 24.5 Å². The average Bonchev–Trinajstić information content (AvgIpc) is 3.19. The molecule has 336 valence electrons. The number of unbranched alkanes of at least 4 members (excludes halogenated alkanes) is 24. The van der Waals surface area contributed by atoms with Crippen LogP contribution in [-0.2, 0) is 27.9 Å². The summed E-state index contributed by atoms with van der Waals surface area (Å²) in [6.45, 7) is 3.69. The number of phosphoric ester groups is 1. The fraction of sp³-hybridized carbons (Fsp3) is 0.886. The summed E-state index contributed by atoms with van der Waals surface area (Å²) in [7, 11) is -5.03. The van der Waals surface area contributed by atoms with Gasteiger partial charge in [0.25, 0.3) is 0 Å². The van der Waals surface area contributed by atoms with E-state index in [1.807, 2.05) is 6.08 Å². The number of allylic oxidation sites excluding steroid dienone is 3. The van der Waals surface area contributed by atoms with Crippen LogP contribution >= 0.6 is 7.82 Å². The first-order valence-corrected chi connectivity index (χ1v) is 24.2. The Labute approximate surface area is 345 Å². The van der Waals surface area contributed by atoms with Gasteiger partial charge in [-0.1, -0.05) is 154 Å². The van der Waals surface area contributed by atoms with Crippen molar-refractivity contribution in [2.45, 2.75) is 236 Å². The Bertz CT molecular complexity index is 1040. The second kappa shape index (κ2) is 35.4. The molecule has 57 heavy (non-hydrogen) atoms. The monoisotopic (exact) mass is 835 g/mol. The third-order valence-electron chi connectivity index (χ3n) is 10.6. The van der Waals surface area contributed by atoms with Crippen LogP contribution in [0.3, 0.4) is 0 Å². The van der Waals surface area contributed by atoms with E-state index in [4.69, 9.17) is 18.5 Å². The van der Waals surface area contributed by atoms with Gasteiger partial charge < -0.3 is 39.9 Å². The zero-order valence-electron chi connectivity index (χ0n) is 35.6. The molecule has 0 amide bonds. The SMILES string of the molecule is CCCCC/C=C\CCCCCCCC(=O)O[C@H](CO/C=C\CCCCCCCCCCCCCCCCCC)COP(=O)(O)OC1C(O)C(O)C(O)[C@@H](O)C1O. The highest BCUT2D eigenvalue weighted by Gasteiger charge is 2.51. The molecule has 13 heteroatoms. The van der Waals surface area contributed by atoms with E-state index in [2.05, 4.69) is 26.0 Å². The molecule has 0 aromatic rings. The number of rotatable bonds is 38. The van der Waals surface area contributed by atoms with Crippen LogP contribution in [0.1, 0.15) is 194 Å². The molecule has 1 fully saturated rings. The minimum absolute atomic E-state index is 0.161. The highest BCUT2D eigenvalue weighted by atomic mass is 31.2. The summed E-state index contributed by atoms with van der Waals surface area (Å²) >= 11 is 0. The minimum atomic E-state index is -5.03. The molecule has 0 bridgehead atoms. The predicted octanol–water partition coefficient (Wildman–Crippen LogP) is 9.27. The van der Waals surface area contributed by atoms with E-state index >= 15 is 0 Å². The number of phosphoric acid groups is 1. The van der Waals surface area contributed by atoms with Crippen LogP contribution in [0, 0.1) is 0 Å². The molecule has 1 rings (SSSR count). The molecule has 1 saturated carbocycles. The number of esters is 1. The summed E-state index contributed by atoms with van der Waals surface area (Å²) in [4.78, 5) is 23.1. The Hall–Kier alpha value is -1.34. The third-order valence-corrected chi connectivity index (χ3v) is 11.6. The lowest BCUT2D eigenvalue weighted by atomic mass is 9.85. The van der Waals surface area contributed by atoms with E-state index in [1.54, 1.807) is 0 Å². The van der Waals surface area contributed by atoms with Gasteiger partial charge in [0.1, 0.15) is 43.2 Å². The number of aliphatic hydroxyl groups excluding tert-OH is 5. The van der Waals surface area contributed by atoms with Gasteiger partial charge in [-0.25, -0.2) is 4.57 Å². The second-order valence-electron chi connectivity index (χ2n) is 16.0. The Morgan fingerprint density at radius 1 is 0.544 bits per heavy atom. The normalized spacial score (nSPS) is 22.9. The van der Waals surface area contributed by atoms with Gasteiger partial charge in [0.15, 0.2) is 6.10 Å². The molecule has 1 aliphatic rings. The highest BCUT2D eigenvalue weighted by molar-refractivity contribution is 7.47. The molecule has 0 aliphatic heterocycles. The summed E-state index contributed by atoms with van der Waals surface area (Å²) in [6.07, 6.45) is 27.6. The van der Waals surface area contributed by atoms with Crippen molar-refractivity contribution in [1.29, 1.82) is 0 Å². The summed E-state index contributed by atoms with van der Waals surface area (Å²) in [5, 5.41) is 50.1. The van der Waals surface area contributed by atoms with Crippen molar-refractivity contribution in [2.75, 3.05) is 13.2 Å². The Kier molecular flexibility index (Phi) is 33.4. The molecule has 0 spiro atoms. The Morgan fingerprint density at radius 3 is 1.42 bits per heavy atom. The van der Waals surface area contributed by atoms with Crippen LogP contribution < -0.4 is 0 Å². The predicted molar refractivity (Wildman–Crippen MR) is 225 cm³/mol.